The molecule has 2 aromatic carbocycles. The van der Waals surface area contributed by atoms with Gasteiger partial charge in [0, 0.05) is 23.9 Å². The molecule has 0 saturated carbocycles. The number of ether oxygens (including phenoxy) is 1. The average Bonchev–Trinajstić information content (AvgIpc) is 2.78. The summed E-state index contributed by atoms with van der Waals surface area (Å²) in [5, 5.41) is 11.1. The fourth-order valence-corrected chi connectivity index (χ4v) is 5.19. The van der Waals surface area contributed by atoms with Crippen LogP contribution in [0.3, 0.4) is 0 Å². The van der Waals surface area contributed by atoms with Gasteiger partial charge < -0.3 is 14.7 Å². The first-order chi connectivity index (χ1) is 16.6. The zero-order valence-corrected chi connectivity index (χ0v) is 19.4. The van der Waals surface area contributed by atoms with E-state index in [0.29, 0.717) is 36.8 Å². The quantitative estimate of drug-likeness (QED) is 0.521. The normalized spacial score (nSPS) is 16.2. The van der Waals surface area contributed by atoms with Gasteiger partial charge in [0.05, 0.1) is 30.7 Å². The SMILES string of the molecule is C[C@H]1COCCN1c1cc(CS(=O)(=O)c2c(F)cccc2F)nc(-c2ccc(NC(=O)O)cc2)n1. The number of hydrogen-bond donors (Lipinski definition) is 2. The van der Waals surface area contributed by atoms with Gasteiger partial charge in [0.1, 0.15) is 22.3 Å². The number of aromatic nitrogens is 2. The van der Waals surface area contributed by atoms with E-state index in [1.54, 1.807) is 12.1 Å². The summed E-state index contributed by atoms with van der Waals surface area (Å²) in [5.74, 6) is -2.48. The second-order valence-electron chi connectivity index (χ2n) is 7.98. The predicted octanol–water partition coefficient (Wildman–Crippen LogP) is 3.71. The highest BCUT2D eigenvalue weighted by atomic mass is 32.2. The molecule has 1 fully saturated rings. The van der Waals surface area contributed by atoms with Gasteiger partial charge in [0.2, 0.25) is 0 Å². The van der Waals surface area contributed by atoms with Crippen molar-refractivity contribution in [3.05, 3.63) is 65.9 Å². The van der Waals surface area contributed by atoms with E-state index in [-0.39, 0.29) is 17.6 Å². The Hall–Kier alpha value is -3.64. The minimum Gasteiger partial charge on any atom is -0.465 e. The van der Waals surface area contributed by atoms with Crippen LogP contribution in [0, 0.1) is 11.6 Å². The lowest BCUT2D eigenvalue weighted by atomic mass is 10.2. The van der Waals surface area contributed by atoms with E-state index < -0.39 is 38.2 Å². The van der Waals surface area contributed by atoms with E-state index in [1.807, 2.05) is 11.8 Å². The number of halogens is 2. The molecule has 0 spiro atoms. The van der Waals surface area contributed by atoms with Crippen molar-refractivity contribution in [3.63, 3.8) is 0 Å². The lowest BCUT2D eigenvalue weighted by Crippen LogP contribution is -2.44. The Morgan fingerprint density at radius 3 is 2.49 bits per heavy atom. The van der Waals surface area contributed by atoms with Crippen LogP contribution in [0.5, 0.6) is 0 Å². The van der Waals surface area contributed by atoms with Crippen molar-refractivity contribution in [2.75, 3.05) is 30.0 Å². The third-order valence-electron chi connectivity index (χ3n) is 5.39. The summed E-state index contributed by atoms with van der Waals surface area (Å²) in [6, 6.07) is 10.5. The van der Waals surface area contributed by atoms with Crippen molar-refractivity contribution in [3.8, 4) is 11.4 Å². The van der Waals surface area contributed by atoms with Crippen molar-refractivity contribution in [2.24, 2.45) is 0 Å². The summed E-state index contributed by atoms with van der Waals surface area (Å²) in [7, 11) is -4.41. The zero-order valence-electron chi connectivity index (χ0n) is 18.6. The number of morpholine rings is 1. The van der Waals surface area contributed by atoms with Crippen LogP contribution in [0.2, 0.25) is 0 Å². The minimum absolute atomic E-state index is 0.0536. The third-order valence-corrected chi connectivity index (χ3v) is 7.08. The van der Waals surface area contributed by atoms with Gasteiger partial charge in [-0.05, 0) is 43.3 Å². The fraction of sp³-hybridized carbons (Fsp3) is 0.261. The van der Waals surface area contributed by atoms with Crippen LogP contribution in [0.1, 0.15) is 12.6 Å². The van der Waals surface area contributed by atoms with Crippen LogP contribution >= 0.6 is 0 Å². The van der Waals surface area contributed by atoms with E-state index in [2.05, 4.69) is 15.3 Å². The molecule has 0 radical (unpaired) electrons. The van der Waals surface area contributed by atoms with Crippen LogP contribution in [0.15, 0.2) is 53.4 Å². The Labute approximate surface area is 200 Å². The standard InChI is InChI=1S/C23H22F2N4O5S/c1-14-12-34-10-9-29(14)20-11-17(13-35(32,33)21-18(24)3-2-4-19(21)25)26-22(28-20)15-5-7-16(8-6-15)27-23(30)31/h2-8,11,14,27H,9-10,12-13H2,1H3,(H,30,31)/t14-/m0/s1. The van der Waals surface area contributed by atoms with Gasteiger partial charge in [-0.1, -0.05) is 6.07 Å². The third kappa shape index (κ3) is 5.54. The molecule has 0 unspecified atom stereocenters. The first-order valence-electron chi connectivity index (χ1n) is 10.6. The first-order valence-corrected chi connectivity index (χ1v) is 12.3. The number of nitrogens with zero attached hydrogens (tertiary/aromatic N) is 3. The molecule has 4 rings (SSSR count). The highest BCUT2D eigenvalue weighted by Gasteiger charge is 2.27. The van der Waals surface area contributed by atoms with Gasteiger partial charge in [-0.25, -0.2) is 32.0 Å². The maximum atomic E-state index is 14.2. The summed E-state index contributed by atoms with van der Waals surface area (Å²) in [5.41, 5.74) is 0.885. The average molecular weight is 505 g/mol. The van der Waals surface area contributed by atoms with Gasteiger partial charge in [0.15, 0.2) is 15.7 Å². The summed E-state index contributed by atoms with van der Waals surface area (Å²) < 4.78 is 59.8. The molecule has 3 aromatic rings. The first kappa shape index (κ1) is 24.5. The summed E-state index contributed by atoms with van der Waals surface area (Å²) in [6.45, 7) is 3.34. The van der Waals surface area contributed by atoms with Gasteiger partial charge in [-0.2, -0.15) is 0 Å². The van der Waals surface area contributed by atoms with Crippen LogP contribution < -0.4 is 10.2 Å². The summed E-state index contributed by atoms with van der Waals surface area (Å²) in [6.07, 6.45) is -1.22. The van der Waals surface area contributed by atoms with Crippen LogP contribution in [-0.4, -0.2) is 55.4 Å². The Balaban J connectivity index is 1.76. The highest BCUT2D eigenvalue weighted by molar-refractivity contribution is 7.90. The second-order valence-corrected chi connectivity index (χ2v) is 9.90. The maximum Gasteiger partial charge on any atom is 0.409 e. The monoisotopic (exact) mass is 504 g/mol. The van der Waals surface area contributed by atoms with Gasteiger partial charge in [0.25, 0.3) is 0 Å². The van der Waals surface area contributed by atoms with Gasteiger partial charge in [-0.15, -0.1) is 0 Å². The Morgan fingerprint density at radius 1 is 1.17 bits per heavy atom. The maximum absolute atomic E-state index is 14.2. The Bertz CT molecular complexity index is 1330. The van der Waals surface area contributed by atoms with Crippen molar-refractivity contribution >= 4 is 27.4 Å². The Morgan fingerprint density at radius 2 is 1.86 bits per heavy atom. The molecule has 1 aliphatic rings. The predicted molar refractivity (Wildman–Crippen MR) is 124 cm³/mol. The molecule has 1 aliphatic heterocycles. The minimum atomic E-state index is -4.41. The van der Waals surface area contributed by atoms with E-state index in [0.717, 1.165) is 18.2 Å². The van der Waals surface area contributed by atoms with Crippen molar-refractivity contribution in [1.29, 1.82) is 0 Å². The van der Waals surface area contributed by atoms with E-state index in [4.69, 9.17) is 9.84 Å². The fourth-order valence-electron chi connectivity index (χ4n) is 3.77. The molecule has 1 saturated heterocycles. The number of nitrogens with one attached hydrogen (secondary N) is 1. The molecule has 1 amide bonds. The molecule has 0 bridgehead atoms. The molecule has 12 heteroatoms. The molecule has 184 valence electrons. The van der Waals surface area contributed by atoms with E-state index >= 15 is 0 Å². The molecule has 2 heterocycles. The highest BCUT2D eigenvalue weighted by Crippen LogP contribution is 2.27. The molecule has 1 atom stereocenters. The number of carboxylic acid groups (broad SMARTS) is 1. The summed E-state index contributed by atoms with van der Waals surface area (Å²) in [4.78, 5) is 20.7. The molecule has 2 N–H and O–H groups in total. The molecular formula is C23H22F2N4O5S. The number of amides is 1. The molecule has 1 aromatic heterocycles. The molecular weight excluding hydrogens is 482 g/mol. The number of rotatable bonds is 6. The summed E-state index contributed by atoms with van der Waals surface area (Å²) >= 11 is 0. The van der Waals surface area contributed by atoms with E-state index in [1.165, 1.54) is 18.2 Å². The van der Waals surface area contributed by atoms with Crippen LogP contribution in [0.4, 0.5) is 25.1 Å². The topological polar surface area (TPSA) is 122 Å². The van der Waals surface area contributed by atoms with Crippen molar-refractivity contribution in [2.45, 2.75) is 23.6 Å². The number of benzene rings is 2. The number of sulfone groups is 1. The van der Waals surface area contributed by atoms with Gasteiger partial charge >= 0.3 is 6.09 Å². The smallest absolute Gasteiger partial charge is 0.409 e. The van der Waals surface area contributed by atoms with Crippen molar-refractivity contribution in [1.82, 2.24) is 9.97 Å². The van der Waals surface area contributed by atoms with Crippen LogP contribution in [0.25, 0.3) is 11.4 Å². The largest absolute Gasteiger partial charge is 0.465 e. The second kappa shape index (κ2) is 9.92. The molecule has 9 nitrogen and oxygen atoms in total. The number of hydrogen-bond acceptors (Lipinski definition) is 7. The lowest BCUT2D eigenvalue weighted by Gasteiger charge is -2.34. The molecule has 0 aliphatic carbocycles. The number of anilines is 2. The van der Waals surface area contributed by atoms with Crippen LogP contribution in [-0.2, 0) is 20.3 Å². The number of carbonyl (C=O) groups is 1. The lowest BCUT2D eigenvalue weighted by molar-refractivity contribution is 0.0985. The molecule has 35 heavy (non-hydrogen) atoms. The van der Waals surface area contributed by atoms with Gasteiger partial charge in [-0.3, -0.25) is 5.32 Å². The zero-order chi connectivity index (χ0) is 25.2. The Kier molecular flexibility index (Phi) is 6.94. The van der Waals surface area contributed by atoms with E-state index in [9.17, 15) is 22.0 Å². The van der Waals surface area contributed by atoms with Crippen molar-refractivity contribution < 1.29 is 31.8 Å².